The number of piperidine rings is 1. The maximum absolute atomic E-state index is 13.3. The maximum Gasteiger partial charge on any atom is 0.255 e. The summed E-state index contributed by atoms with van der Waals surface area (Å²) in [6, 6.07) is 17.5. The normalized spacial score (nSPS) is 18.3. The van der Waals surface area contributed by atoms with Crippen LogP contribution in [0.4, 0.5) is 0 Å². The van der Waals surface area contributed by atoms with Gasteiger partial charge >= 0.3 is 0 Å². The van der Waals surface area contributed by atoms with Crippen molar-refractivity contribution < 1.29 is 9.53 Å². The highest BCUT2D eigenvalue weighted by Gasteiger charge is 2.26. The molecule has 30 heavy (non-hydrogen) atoms. The number of hydrogen-bond acceptors (Lipinski definition) is 4. The largest absolute Gasteiger partial charge is 0.496 e. The lowest BCUT2D eigenvalue weighted by Gasteiger charge is -2.30. The number of rotatable bonds is 5. The van der Waals surface area contributed by atoms with Gasteiger partial charge in [-0.3, -0.25) is 4.79 Å². The molecule has 2 heterocycles. The van der Waals surface area contributed by atoms with Gasteiger partial charge < -0.3 is 15.4 Å². The van der Waals surface area contributed by atoms with E-state index in [4.69, 9.17) is 9.84 Å². The van der Waals surface area contributed by atoms with Crippen molar-refractivity contribution in [3.8, 4) is 22.7 Å². The molecule has 2 unspecified atom stereocenters. The summed E-state index contributed by atoms with van der Waals surface area (Å²) < 4.78 is 7.27. The van der Waals surface area contributed by atoms with Gasteiger partial charge in [0.2, 0.25) is 0 Å². The molecule has 0 radical (unpaired) electrons. The van der Waals surface area contributed by atoms with Crippen molar-refractivity contribution in [1.82, 2.24) is 20.4 Å². The van der Waals surface area contributed by atoms with E-state index in [-0.39, 0.29) is 24.4 Å². The standard InChI is InChI=1S/C23H26N4O2.ClH/c1-16-12-13-24-14-20(16)25-23(28)19-15-27(17-8-4-3-5-9-17)26-22(19)18-10-6-7-11-21(18)29-2;/h3-11,15-16,20,24H,12-14H2,1-2H3,(H,25,28);1H. The number of ether oxygens (including phenoxy) is 1. The summed E-state index contributed by atoms with van der Waals surface area (Å²) in [6.07, 6.45) is 2.85. The zero-order valence-corrected chi connectivity index (χ0v) is 18.0. The molecule has 1 aliphatic heterocycles. The second-order valence-electron chi connectivity index (χ2n) is 7.42. The summed E-state index contributed by atoms with van der Waals surface area (Å²) in [7, 11) is 1.63. The Morgan fingerprint density at radius 2 is 1.90 bits per heavy atom. The third-order valence-electron chi connectivity index (χ3n) is 5.49. The first kappa shape index (κ1) is 21.9. The topological polar surface area (TPSA) is 68.2 Å². The summed E-state index contributed by atoms with van der Waals surface area (Å²) >= 11 is 0. The van der Waals surface area contributed by atoms with Gasteiger partial charge in [0.1, 0.15) is 11.4 Å². The fourth-order valence-electron chi connectivity index (χ4n) is 3.72. The van der Waals surface area contributed by atoms with Crippen LogP contribution in [0.1, 0.15) is 23.7 Å². The fraction of sp³-hybridized carbons (Fsp3) is 0.304. The van der Waals surface area contributed by atoms with E-state index in [0.29, 0.717) is 22.9 Å². The van der Waals surface area contributed by atoms with Crippen molar-refractivity contribution in [3.05, 3.63) is 66.4 Å². The highest BCUT2D eigenvalue weighted by molar-refractivity contribution is 6.00. The van der Waals surface area contributed by atoms with Crippen LogP contribution in [0, 0.1) is 5.92 Å². The van der Waals surface area contributed by atoms with Gasteiger partial charge in [0.15, 0.2) is 0 Å². The van der Waals surface area contributed by atoms with Crippen molar-refractivity contribution in [1.29, 1.82) is 0 Å². The molecular weight excluding hydrogens is 400 g/mol. The van der Waals surface area contributed by atoms with Gasteiger partial charge in [-0.2, -0.15) is 5.10 Å². The Morgan fingerprint density at radius 1 is 1.17 bits per heavy atom. The molecule has 4 rings (SSSR count). The average molecular weight is 427 g/mol. The number of hydrogen-bond donors (Lipinski definition) is 2. The molecule has 2 N–H and O–H groups in total. The summed E-state index contributed by atoms with van der Waals surface area (Å²) in [5.41, 5.74) is 2.84. The number of carbonyl (C=O) groups excluding carboxylic acids is 1. The van der Waals surface area contributed by atoms with Gasteiger partial charge in [-0.15, -0.1) is 12.4 Å². The zero-order chi connectivity index (χ0) is 20.2. The minimum absolute atomic E-state index is 0. The second-order valence-corrected chi connectivity index (χ2v) is 7.42. The molecule has 7 heteroatoms. The van der Waals surface area contributed by atoms with Gasteiger partial charge in [0.05, 0.1) is 18.4 Å². The van der Waals surface area contributed by atoms with Crippen molar-refractivity contribution in [2.24, 2.45) is 5.92 Å². The van der Waals surface area contributed by atoms with Crippen LogP contribution in [0.2, 0.25) is 0 Å². The maximum atomic E-state index is 13.3. The molecule has 1 aromatic heterocycles. The number of nitrogens with zero attached hydrogens (tertiary/aromatic N) is 2. The van der Waals surface area contributed by atoms with Gasteiger partial charge in [-0.05, 0) is 43.1 Å². The third kappa shape index (κ3) is 4.50. The van der Waals surface area contributed by atoms with Crippen LogP contribution in [0.25, 0.3) is 16.9 Å². The Balaban J connectivity index is 0.00000256. The van der Waals surface area contributed by atoms with E-state index in [9.17, 15) is 4.79 Å². The number of para-hydroxylation sites is 2. The van der Waals surface area contributed by atoms with Crippen molar-refractivity contribution >= 4 is 18.3 Å². The minimum Gasteiger partial charge on any atom is -0.496 e. The van der Waals surface area contributed by atoms with Gasteiger partial charge in [-0.1, -0.05) is 37.3 Å². The van der Waals surface area contributed by atoms with E-state index in [1.807, 2.05) is 54.6 Å². The Labute approximate surface area is 183 Å². The van der Waals surface area contributed by atoms with Gasteiger partial charge in [0, 0.05) is 24.3 Å². The summed E-state index contributed by atoms with van der Waals surface area (Å²) in [5, 5.41) is 11.3. The highest BCUT2D eigenvalue weighted by atomic mass is 35.5. The summed E-state index contributed by atoms with van der Waals surface area (Å²) in [5.74, 6) is 1.00. The van der Waals surface area contributed by atoms with Gasteiger partial charge in [-0.25, -0.2) is 4.68 Å². The smallest absolute Gasteiger partial charge is 0.255 e. The molecule has 1 saturated heterocycles. The Hall–Kier alpha value is -2.83. The SMILES string of the molecule is COc1ccccc1-c1nn(-c2ccccc2)cc1C(=O)NC1CNCCC1C.Cl. The number of benzene rings is 2. The van der Waals surface area contributed by atoms with E-state index in [2.05, 4.69) is 17.6 Å². The molecule has 0 spiro atoms. The van der Waals surface area contributed by atoms with Crippen molar-refractivity contribution in [2.45, 2.75) is 19.4 Å². The van der Waals surface area contributed by atoms with Crippen LogP contribution in [0.5, 0.6) is 5.75 Å². The van der Waals surface area contributed by atoms with E-state index in [0.717, 1.165) is 30.8 Å². The zero-order valence-electron chi connectivity index (χ0n) is 17.2. The molecule has 1 amide bonds. The number of aromatic nitrogens is 2. The lowest BCUT2D eigenvalue weighted by Crippen LogP contribution is -2.50. The predicted molar refractivity (Wildman–Crippen MR) is 121 cm³/mol. The lowest BCUT2D eigenvalue weighted by atomic mass is 9.94. The van der Waals surface area contributed by atoms with E-state index < -0.39 is 0 Å². The van der Waals surface area contributed by atoms with Crippen molar-refractivity contribution in [2.75, 3.05) is 20.2 Å². The first-order chi connectivity index (χ1) is 14.2. The summed E-state index contributed by atoms with van der Waals surface area (Å²) in [4.78, 5) is 13.3. The van der Waals surface area contributed by atoms with Gasteiger partial charge in [0.25, 0.3) is 5.91 Å². The lowest BCUT2D eigenvalue weighted by molar-refractivity contribution is 0.0916. The van der Waals surface area contributed by atoms with Crippen LogP contribution in [0.3, 0.4) is 0 Å². The molecule has 1 aliphatic rings. The Kier molecular flexibility index (Phi) is 7.13. The molecule has 1 fully saturated rings. The quantitative estimate of drug-likeness (QED) is 0.652. The van der Waals surface area contributed by atoms with E-state index in [1.165, 1.54) is 0 Å². The average Bonchev–Trinajstić information content (AvgIpc) is 3.21. The molecule has 6 nitrogen and oxygen atoms in total. The minimum atomic E-state index is -0.117. The molecule has 2 atom stereocenters. The summed E-state index contributed by atoms with van der Waals surface area (Å²) in [6.45, 7) is 3.95. The first-order valence-electron chi connectivity index (χ1n) is 9.97. The fourth-order valence-corrected chi connectivity index (χ4v) is 3.72. The molecule has 0 saturated carbocycles. The molecule has 158 valence electrons. The molecule has 3 aromatic rings. The number of amides is 1. The molecule has 0 bridgehead atoms. The van der Waals surface area contributed by atoms with Crippen LogP contribution in [-0.2, 0) is 0 Å². The monoisotopic (exact) mass is 426 g/mol. The number of methoxy groups -OCH3 is 1. The Bertz CT molecular complexity index is 990. The van der Waals surface area contributed by atoms with Crippen LogP contribution < -0.4 is 15.4 Å². The first-order valence-corrected chi connectivity index (χ1v) is 9.97. The molecular formula is C23H27ClN4O2. The number of halogens is 1. The van der Waals surface area contributed by atoms with E-state index in [1.54, 1.807) is 18.0 Å². The number of nitrogens with one attached hydrogen (secondary N) is 2. The molecule has 0 aliphatic carbocycles. The van der Waals surface area contributed by atoms with Crippen molar-refractivity contribution in [3.63, 3.8) is 0 Å². The van der Waals surface area contributed by atoms with Crippen LogP contribution in [0.15, 0.2) is 60.8 Å². The van der Waals surface area contributed by atoms with Crippen LogP contribution >= 0.6 is 12.4 Å². The second kappa shape index (κ2) is 9.78. The highest BCUT2D eigenvalue weighted by Crippen LogP contribution is 2.32. The Morgan fingerprint density at radius 3 is 2.63 bits per heavy atom. The van der Waals surface area contributed by atoms with E-state index >= 15 is 0 Å². The third-order valence-corrected chi connectivity index (χ3v) is 5.49. The molecule has 2 aromatic carbocycles. The predicted octanol–water partition coefficient (Wildman–Crippen LogP) is 3.70. The number of carbonyl (C=O) groups is 1. The van der Waals surface area contributed by atoms with Crippen LogP contribution in [-0.4, -0.2) is 41.9 Å².